The second-order valence-corrected chi connectivity index (χ2v) is 13.0. The number of hydrogen-bond donors (Lipinski definition) is 0. The van der Waals surface area contributed by atoms with Crippen molar-refractivity contribution in [1.29, 1.82) is 0 Å². The Morgan fingerprint density at radius 2 is 1.67 bits per heavy atom. The lowest BCUT2D eigenvalue weighted by molar-refractivity contribution is 0.148. The molecule has 0 radical (unpaired) electrons. The largest absolute Gasteiger partial charge is 0.474 e. The first-order valence-electron chi connectivity index (χ1n) is 14.2. The van der Waals surface area contributed by atoms with E-state index in [9.17, 15) is 8.42 Å². The van der Waals surface area contributed by atoms with Crippen molar-refractivity contribution < 1.29 is 17.6 Å². The van der Waals surface area contributed by atoms with Gasteiger partial charge in [0, 0.05) is 42.8 Å². The molecule has 1 fully saturated rings. The average molecular weight is 583 g/mol. The number of ether oxygens (including phenoxy) is 1. The van der Waals surface area contributed by atoms with E-state index in [1.54, 1.807) is 24.4 Å². The van der Waals surface area contributed by atoms with Crippen LogP contribution in [0.3, 0.4) is 0 Å². The summed E-state index contributed by atoms with van der Waals surface area (Å²) in [6, 6.07) is 16.9. The number of imidazole rings is 1. The van der Waals surface area contributed by atoms with Crippen molar-refractivity contribution in [2.45, 2.75) is 63.9 Å². The standard InChI is InChI=1S/C33H34N4O4S/c1-21-20-37(22(2)35-21)30-15-13-25(24-9-8-12-28(17-24)42(4,38)39)18-29(30)32-33(40-23(3)36-32)26-14-16-31(34-19-26)41-27-10-6-5-7-11-27/h8-9,12-20,27H,5-7,10-11H2,1-4H3. The van der Waals surface area contributed by atoms with Crippen molar-refractivity contribution in [3.8, 4) is 45.3 Å². The summed E-state index contributed by atoms with van der Waals surface area (Å²) in [6.45, 7) is 5.75. The third kappa shape index (κ3) is 5.74. The minimum absolute atomic E-state index is 0.216. The summed E-state index contributed by atoms with van der Waals surface area (Å²) in [7, 11) is -3.36. The number of pyridine rings is 1. The van der Waals surface area contributed by atoms with Crippen molar-refractivity contribution in [3.63, 3.8) is 0 Å². The molecule has 3 aromatic heterocycles. The highest BCUT2D eigenvalue weighted by Crippen LogP contribution is 2.39. The summed E-state index contributed by atoms with van der Waals surface area (Å²) in [4.78, 5) is 14.3. The Kier molecular flexibility index (Phi) is 7.45. The van der Waals surface area contributed by atoms with E-state index in [0.29, 0.717) is 23.2 Å². The van der Waals surface area contributed by atoms with Crippen LogP contribution in [0.1, 0.15) is 49.5 Å². The number of hydrogen-bond acceptors (Lipinski definition) is 7. The fourth-order valence-electron chi connectivity index (χ4n) is 5.63. The highest BCUT2D eigenvalue weighted by atomic mass is 32.2. The summed E-state index contributed by atoms with van der Waals surface area (Å²) in [5, 5.41) is 0. The van der Waals surface area contributed by atoms with Crippen LogP contribution in [0.15, 0.2) is 76.3 Å². The number of rotatable bonds is 7. The molecule has 9 heteroatoms. The molecular weight excluding hydrogens is 548 g/mol. The Balaban J connectivity index is 1.46. The molecule has 0 atom stereocenters. The number of aromatic nitrogens is 4. The second kappa shape index (κ2) is 11.2. The molecule has 0 saturated heterocycles. The van der Waals surface area contributed by atoms with Gasteiger partial charge < -0.3 is 13.7 Å². The first kappa shape index (κ1) is 27.9. The Morgan fingerprint density at radius 1 is 0.905 bits per heavy atom. The molecule has 8 nitrogen and oxygen atoms in total. The molecule has 1 aliphatic rings. The van der Waals surface area contributed by atoms with Crippen molar-refractivity contribution in [2.24, 2.45) is 0 Å². The smallest absolute Gasteiger partial charge is 0.213 e. The fraction of sp³-hybridized carbons (Fsp3) is 0.303. The molecule has 0 bridgehead atoms. The van der Waals surface area contributed by atoms with Crippen LogP contribution in [0.2, 0.25) is 0 Å². The van der Waals surface area contributed by atoms with Crippen molar-refractivity contribution in [3.05, 3.63) is 84.4 Å². The number of sulfone groups is 1. The van der Waals surface area contributed by atoms with E-state index in [-0.39, 0.29) is 11.0 Å². The minimum Gasteiger partial charge on any atom is -0.474 e. The van der Waals surface area contributed by atoms with E-state index in [0.717, 1.165) is 52.3 Å². The van der Waals surface area contributed by atoms with Crippen LogP contribution in [0.25, 0.3) is 39.4 Å². The van der Waals surface area contributed by atoms with Gasteiger partial charge in [-0.15, -0.1) is 0 Å². The van der Waals surface area contributed by atoms with E-state index in [1.165, 1.54) is 25.5 Å². The molecular formula is C33H34N4O4S. The molecule has 2 aromatic carbocycles. The first-order chi connectivity index (χ1) is 20.2. The van der Waals surface area contributed by atoms with Crippen molar-refractivity contribution in [2.75, 3.05) is 6.26 Å². The van der Waals surface area contributed by atoms with Gasteiger partial charge in [-0.05, 0) is 81.0 Å². The van der Waals surface area contributed by atoms with E-state index >= 15 is 0 Å². The Hall–Kier alpha value is -4.24. The number of oxazole rings is 1. The van der Waals surface area contributed by atoms with Gasteiger partial charge in [0.25, 0.3) is 0 Å². The van der Waals surface area contributed by atoms with E-state index in [4.69, 9.17) is 14.1 Å². The summed E-state index contributed by atoms with van der Waals surface area (Å²) >= 11 is 0. The monoisotopic (exact) mass is 582 g/mol. The van der Waals surface area contributed by atoms with E-state index < -0.39 is 9.84 Å². The molecule has 6 rings (SSSR count). The predicted octanol–water partition coefficient (Wildman–Crippen LogP) is 7.30. The van der Waals surface area contributed by atoms with Gasteiger partial charge in [0.05, 0.1) is 16.3 Å². The molecule has 0 N–H and O–H groups in total. The average Bonchev–Trinajstić information content (AvgIpc) is 3.54. The molecule has 1 aliphatic carbocycles. The fourth-order valence-corrected chi connectivity index (χ4v) is 6.29. The van der Waals surface area contributed by atoms with Crippen LogP contribution >= 0.6 is 0 Å². The predicted molar refractivity (Wildman–Crippen MR) is 163 cm³/mol. The van der Waals surface area contributed by atoms with Gasteiger partial charge in [-0.2, -0.15) is 0 Å². The highest BCUT2D eigenvalue weighted by Gasteiger charge is 2.22. The normalized spacial score (nSPS) is 14.3. The number of benzene rings is 2. The molecule has 216 valence electrons. The zero-order chi connectivity index (χ0) is 29.4. The lowest BCUT2D eigenvalue weighted by Crippen LogP contribution is -2.20. The van der Waals surface area contributed by atoms with Crippen LogP contribution in [0.4, 0.5) is 0 Å². The van der Waals surface area contributed by atoms with Crippen LogP contribution in [-0.4, -0.2) is 40.3 Å². The molecule has 1 saturated carbocycles. The zero-order valence-electron chi connectivity index (χ0n) is 24.3. The van der Waals surface area contributed by atoms with E-state index in [1.807, 2.05) is 67.9 Å². The maximum atomic E-state index is 12.3. The molecule has 0 amide bonds. The molecule has 0 spiro atoms. The van der Waals surface area contributed by atoms with Crippen molar-refractivity contribution in [1.82, 2.24) is 19.5 Å². The van der Waals surface area contributed by atoms with Crippen LogP contribution in [-0.2, 0) is 9.84 Å². The van der Waals surface area contributed by atoms with Gasteiger partial charge in [-0.1, -0.05) is 24.6 Å². The summed E-state index contributed by atoms with van der Waals surface area (Å²) in [5.74, 6) is 2.58. The van der Waals surface area contributed by atoms with Crippen molar-refractivity contribution >= 4 is 9.84 Å². The second-order valence-electron chi connectivity index (χ2n) is 11.0. The summed E-state index contributed by atoms with van der Waals surface area (Å²) in [5.41, 5.74) is 5.71. The summed E-state index contributed by atoms with van der Waals surface area (Å²) < 4.78 is 38.9. The van der Waals surface area contributed by atoms with Crippen LogP contribution < -0.4 is 4.74 Å². The molecule has 0 aliphatic heterocycles. The zero-order valence-corrected chi connectivity index (χ0v) is 25.1. The van der Waals surface area contributed by atoms with Gasteiger partial charge in [0.1, 0.15) is 17.6 Å². The topological polar surface area (TPSA) is 100 Å². The van der Waals surface area contributed by atoms with Gasteiger partial charge in [-0.25, -0.2) is 23.4 Å². The molecule has 42 heavy (non-hydrogen) atoms. The first-order valence-corrected chi connectivity index (χ1v) is 16.1. The van der Waals surface area contributed by atoms with Crippen LogP contribution in [0, 0.1) is 20.8 Å². The third-order valence-electron chi connectivity index (χ3n) is 7.68. The summed E-state index contributed by atoms with van der Waals surface area (Å²) in [6.07, 6.45) is 11.0. The third-order valence-corrected chi connectivity index (χ3v) is 8.79. The molecule has 5 aromatic rings. The molecule has 0 unspecified atom stereocenters. The molecule has 3 heterocycles. The number of aryl methyl sites for hydroxylation is 3. The Labute approximate surface area is 246 Å². The van der Waals surface area contributed by atoms with E-state index in [2.05, 4.69) is 9.97 Å². The minimum atomic E-state index is -3.36. The lowest BCUT2D eigenvalue weighted by Gasteiger charge is -2.22. The van der Waals surface area contributed by atoms with Gasteiger partial charge in [0.15, 0.2) is 21.5 Å². The van der Waals surface area contributed by atoms with Gasteiger partial charge >= 0.3 is 0 Å². The number of nitrogens with zero attached hydrogens (tertiary/aromatic N) is 4. The highest BCUT2D eigenvalue weighted by molar-refractivity contribution is 7.90. The Bertz CT molecular complexity index is 1850. The van der Waals surface area contributed by atoms with Crippen LogP contribution in [0.5, 0.6) is 5.88 Å². The lowest BCUT2D eigenvalue weighted by atomic mass is 9.98. The SMILES string of the molecule is Cc1cn(-c2ccc(-c3cccc(S(C)(=O)=O)c3)cc2-c2nc(C)oc2-c2ccc(OC3CCCCC3)nc2)c(C)n1. The van der Waals surface area contributed by atoms with Gasteiger partial charge in [-0.3, -0.25) is 0 Å². The maximum Gasteiger partial charge on any atom is 0.213 e. The quantitative estimate of drug-likeness (QED) is 0.199. The maximum absolute atomic E-state index is 12.3. The van der Waals surface area contributed by atoms with Gasteiger partial charge in [0.2, 0.25) is 5.88 Å². The Morgan fingerprint density at radius 3 is 2.36 bits per heavy atom.